The normalized spacial score (nSPS) is 12.2. The molecule has 40 heavy (non-hydrogen) atoms. The van der Waals surface area contributed by atoms with Gasteiger partial charge in [0.25, 0.3) is 0 Å². The van der Waals surface area contributed by atoms with Crippen molar-refractivity contribution < 1.29 is 27.0 Å². The number of hydrogen-bond donors (Lipinski definition) is 2. The Morgan fingerprint density at radius 1 is 1.05 bits per heavy atom. The van der Waals surface area contributed by atoms with Gasteiger partial charge in [0.2, 0.25) is 0 Å². The lowest BCUT2D eigenvalue weighted by Crippen LogP contribution is -2.14. The Bertz CT molecular complexity index is 1670. The minimum absolute atomic E-state index is 0.0601. The van der Waals surface area contributed by atoms with Crippen molar-refractivity contribution in [2.75, 3.05) is 0 Å². The van der Waals surface area contributed by atoms with Crippen molar-refractivity contribution in [3.8, 4) is 27.7 Å². The lowest BCUT2D eigenvalue weighted by Gasteiger charge is -2.22. The molecule has 0 spiro atoms. The van der Waals surface area contributed by atoms with E-state index in [4.69, 9.17) is 16.3 Å². The number of benzene rings is 2. The molecule has 1 unspecified atom stereocenters. The monoisotopic (exact) mass is 595 g/mol. The van der Waals surface area contributed by atoms with Crippen LogP contribution in [0.15, 0.2) is 67.4 Å². The number of aryl methyl sites for hydroxylation is 1. The molecule has 0 aliphatic rings. The van der Waals surface area contributed by atoms with E-state index in [9.17, 15) is 22.8 Å². The Hall–Kier alpha value is -4.17. The molecule has 0 saturated heterocycles. The standard InChI is InChI=1S/C23H19ClF3N3O3S.C2H2N2O2/c1-11(2)18(32-15-8-9-16(17(24)10-15)20-29-22(31)33-30-20)19-12(3)28-21(34-19)13-4-6-14(7-5-13)23(25,26)27;5-2-3-1-4-6-2/h4-11,18H,1-3H3,(H,29,30,31);1H,(H,3,4,5). The molecule has 0 radical (unpaired) electrons. The van der Waals surface area contributed by atoms with Crippen LogP contribution in [0.2, 0.25) is 5.02 Å². The van der Waals surface area contributed by atoms with Crippen molar-refractivity contribution in [1.82, 2.24) is 25.3 Å². The number of nitrogens with zero attached hydrogens (tertiary/aromatic N) is 3. The molecule has 3 aromatic heterocycles. The topological polar surface area (TPSA) is 140 Å². The predicted octanol–water partition coefficient (Wildman–Crippen LogP) is 6.27. The second-order valence-corrected chi connectivity index (χ2v) is 10.1. The molecule has 2 N–H and O–H groups in total. The minimum Gasteiger partial charge on any atom is -0.485 e. The van der Waals surface area contributed by atoms with E-state index >= 15 is 0 Å². The van der Waals surface area contributed by atoms with Crippen LogP contribution in [0, 0.1) is 12.8 Å². The van der Waals surface area contributed by atoms with Gasteiger partial charge in [0, 0.05) is 11.1 Å². The van der Waals surface area contributed by atoms with Gasteiger partial charge in [0.05, 0.1) is 21.2 Å². The lowest BCUT2D eigenvalue weighted by atomic mass is 10.0. The molecule has 10 nitrogen and oxygen atoms in total. The van der Waals surface area contributed by atoms with Crippen LogP contribution in [0.4, 0.5) is 13.2 Å². The van der Waals surface area contributed by atoms with Crippen molar-refractivity contribution in [2.24, 2.45) is 5.92 Å². The Morgan fingerprint density at radius 3 is 2.27 bits per heavy atom. The molecule has 0 aliphatic heterocycles. The maximum Gasteiger partial charge on any atom is 0.439 e. The average molecular weight is 596 g/mol. The van der Waals surface area contributed by atoms with Crippen LogP contribution >= 0.6 is 22.9 Å². The largest absolute Gasteiger partial charge is 0.485 e. The zero-order valence-electron chi connectivity index (χ0n) is 21.1. The summed E-state index contributed by atoms with van der Waals surface area (Å²) in [5, 5.41) is 7.64. The Labute approximate surface area is 232 Å². The first-order valence-electron chi connectivity index (χ1n) is 11.6. The second-order valence-electron chi connectivity index (χ2n) is 8.67. The van der Waals surface area contributed by atoms with Crippen molar-refractivity contribution in [2.45, 2.75) is 33.1 Å². The van der Waals surface area contributed by atoms with E-state index in [1.165, 1.54) is 29.8 Å². The van der Waals surface area contributed by atoms with E-state index in [1.807, 2.05) is 20.8 Å². The molecular weight excluding hydrogens is 575 g/mol. The summed E-state index contributed by atoms with van der Waals surface area (Å²) in [4.78, 5) is 31.0. The third-order valence-electron chi connectivity index (χ3n) is 5.43. The van der Waals surface area contributed by atoms with E-state index < -0.39 is 23.3 Å². The van der Waals surface area contributed by atoms with Crippen molar-refractivity contribution in [3.05, 3.63) is 91.1 Å². The SMILES string of the molecule is Cc1nc(-c2ccc(C(F)(F)F)cc2)sc1C(Oc1ccc(-c2noc(=O)[nH]2)c(Cl)c1)C(C)C.O=c1[nH]cno1. The van der Waals surface area contributed by atoms with Crippen molar-refractivity contribution in [3.63, 3.8) is 0 Å². The highest BCUT2D eigenvalue weighted by Gasteiger charge is 2.30. The van der Waals surface area contributed by atoms with Crippen LogP contribution in [-0.4, -0.2) is 25.3 Å². The molecule has 5 aromatic rings. The minimum atomic E-state index is -4.39. The van der Waals surface area contributed by atoms with Crippen LogP contribution < -0.4 is 16.2 Å². The fourth-order valence-corrected chi connectivity index (χ4v) is 5.06. The Kier molecular flexibility index (Phi) is 8.59. The van der Waals surface area contributed by atoms with Gasteiger partial charge >= 0.3 is 17.7 Å². The van der Waals surface area contributed by atoms with Gasteiger partial charge in [0.15, 0.2) is 5.82 Å². The lowest BCUT2D eigenvalue weighted by molar-refractivity contribution is -0.137. The molecule has 0 fully saturated rings. The Balaban J connectivity index is 0.000000546. The van der Waals surface area contributed by atoms with Gasteiger partial charge in [-0.2, -0.15) is 13.2 Å². The number of H-pyrrole nitrogens is 2. The number of halogens is 4. The first-order valence-corrected chi connectivity index (χ1v) is 12.8. The zero-order valence-corrected chi connectivity index (χ0v) is 22.6. The smallest absolute Gasteiger partial charge is 0.439 e. The van der Waals surface area contributed by atoms with E-state index in [1.54, 1.807) is 18.2 Å². The maximum atomic E-state index is 12.9. The number of alkyl halides is 3. The van der Waals surface area contributed by atoms with Gasteiger partial charge < -0.3 is 4.74 Å². The molecule has 0 saturated carbocycles. The molecule has 0 bridgehead atoms. The van der Waals surface area contributed by atoms with Crippen molar-refractivity contribution >= 4 is 22.9 Å². The molecule has 5 rings (SSSR count). The molecule has 2 aromatic carbocycles. The quantitative estimate of drug-likeness (QED) is 0.234. The number of nitrogens with one attached hydrogen (secondary N) is 2. The number of aromatic amines is 2. The summed E-state index contributed by atoms with van der Waals surface area (Å²) >= 11 is 7.75. The van der Waals surface area contributed by atoms with Crippen LogP contribution in [0.25, 0.3) is 22.0 Å². The van der Waals surface area contributed by atoms with Gasteiger partial charge in [-0.25, -0.2) is 14.6 Å². The van der Waals surface area contributed by atoms with Crippen LogP contribution in [0.5, 0.6) is 5.75 Å². The number of thiazole rings is 1. The summed E-state index contributed by atoms with van der Waals surface area (Å²) in [6.45, 7) is 5.84. The number of ether oxygens (including phenoxy) is 1. The first kappa shape index (κ1) is 28.8. The molecule has 3 heterocycles. The predicted molar refractivity (Wildman–Crippen MR) is 140 cm³/mol. The van der Waals surface area contributed by atoms with E-state index in [2.05, 4.69) is 34.3 Å². The van der Waals surface area contributed by atoms with E-state index in [0.717, 1.165) is 22.7 Å². The molecule has 1 atom stereocenters. The molecular formula is C25H21ClF3N5O5S. The second kappa shape index (κ2) is 11.9. The van der Waals surface area contributed by atoms with Crippen LogP contribution in [0.3, 0.4) is 0 Å². The fourth-order valence-electron chi connectivity index (χ4n) is 3.52. The third kappa shape index (κ3) is 6.87. The number of aromatic nitrogens is 5. The fraction of sp³-hybridized carbons (Fsp3) is 0.240. The summed E-state index contributed by atoms with van der Waals surface area (Å²) in [5.74, 6) is -0.431. The zero-order chi connectivity index (χ0) is 29.0. The number of rotatable bonds is 6. The molecule has 0 amide bonds. The van der Waals surface area contributed by atoms with Gasteiger partial charge in [0.1, 0.15) is 23.2 Å². The maximum absolute atomic E-state index is 12.9. The van der Waals surface area contributed by atoms with Crippen LogP contribution in [-0.2, 0) is 6.18 Å². The highest BCUT2D eigenvalue weighted by Crippen LogP contribution is 2.39. The van der Waals surface area contributed by atoms with Crippen molar-refractivity contribution in [1.29, 1.82) is 0 Å². The summed E-state index contributed by atoms with van der Waals surface area (Å²) in [6, 6.07) is 9.92. The number of hydrogen-bond acceptors (Lipinski definition) is 9. The summed E-state index contributed by atoms with van der Waals surface area (Å²) in [5.41, 5.74) is 1.12. The summed E-state index contributed by atoms with van der Waals surface area (Å²) < 4.78 is 53.4. The van der Waals surface area contributed by atoms with E-state index in [-0.39, 0.29) is 17.8 Å². The average Bonchev–Trinajstić information content (AvgIpc) is 3.64. The highest BCUT2D eigenvalue weighted by molar-refractivity contribution is 7.15. The summed E-state index contributed by atoms with van der Waals surface area (Å²) in [7, 11) is 0. The molecule has 210 valence electrons. The summed E-state index contributed by atoms with van der Waals surface area (Å²) in [6.07, 6.45) is -3.57. The van der Waals surface area contributed by atoms with Gasteiger partial charge in [-0.15, -0.1) is 11.3 Å². The van der Waals surface area contributed by atoms with Crippen LogP contribution in [0.1, 0.15) is 36.1 Å². The van der Waals surface area contributed by atoms with Gasteiger partial charge in [-0.05, 0) is 43.2 Å². The first-order chi connectivity index (χ1) is 18.9. The highest BCUT2D eigenvalue weighted by atomic mass is 35.5. The van der Waals surface area contributed by atoms with Gasteiger partial charge in [-0.1, -0.05) is 47.9 Å². The van der Waals surface area contributed by atoms with E-state index in [0.29, 0.717) is 26.9 Å². The molecule has 0 aliphatic carbocycles. The molecule has 15 heteroatoms. The Morgan fingerprint density at radius 2 is 1.77 bits per heavy atom. The third-order valence-corrected chi connectivity index (χ3v) is 7.01. The van der Waals surface area contributed by atoms with Gasteiger partial charge in [-0.3, -0.25) is 19.0 Å².